The van der Waals surface area contributed by atoms with Gasteiger partial charge in [0.25, 0.3) is 0 Å². The molecule has 0 amide bonds. The molecule has 0 bridgehead atoms. The smallest absolute Gasteiger partial charge is 0.414 e. The normalized spacial score (nSPS) is 18.9. The van der Waals surface area contributed by atoms with Gasteiger partial charge in [-0.25, -0.2) is 4.21 Å². The fourth-order valence-electron chi connectivity index (χ4n) is 1.01. The highest BCUT2D eigenvalue weighted by Crippen LogP contribution is 2.22. The van der Waals surface area contributed by atoms with Crippen molar-refractivity contribution in [3.05, 3.63) is 0 Å². The highest BCUT2D eigenvalue weighted by Gasteiger charge is 2.38. The third kappa shape index (κ3) is 6.77. The third-order valence-corrected chi connectivity index (χ3v) is 3.96. The average Bonchev–Trinajstić information content (AvgIpc) is 2.21. The Balaban J connectivity index is 4.22. The van der Waals surface area contributed by atoms with Crippen molar-refractivity contribution in [1.82, 2.24) is 0 Å². The van der Waals surface area contributed by atoms with Gasteiger partial charge >= 0.3 is 12.1 Å². The van der Waals surface area contributed by atoms with Crippen LogP contribution in [-0.2, 0) is 14.5 Å². The number of aliphatic carboxylic acids is 1. The van der Waals surface area contributed by atoms with Crippen LogP contribution in [0.15, 0.2) is 0 Å². The van der Waals surface area contributed by atoms with Gasteiger partial charge in [0.15, 0.2) is 6.10 Å². The summed E-state index contributed by atoms with van der Waals surface area (Å²) in [5.74, 6) is -2.40. The van der Waals surface area contributed by atoms with E-state index in [4.69, 9.17) is 20.7 Å². The minimum Gasteiger partial charge on any atom is -0.480 e. The fourth-order valence-corrected chi connectivity index (χ4v) is 2.45. The first-order valence-corrected chi connectivity index (χ1v) is 6.82. The third-order valence-electron chi connectivity index (χ3n) is 2.17. The number of halogens is 3. The Hall–Kier alpha value is -0.870. The summed E-state index contributed by atoms with van der Waals surface area (Å²) in [5, 5.41) is 17.1. The zero-order chi connectivity index (χ0) is 14.6. The van der Waals surface area contributed by atoms with Crippen molar-refractivity contribution < 1.29 is 32.4 Å². The molecule has 5 N–H and O–H groups in total. The number of hydrogen-bond acceptors (Lipinski definition) is 5. The van der Waals surface area contributed by atoms with E-state index < -0.39 is 51.9 Å². The summed E-state index contributed by atoms with van der Waals surface area (Å²) in [5.41, 5.74) is 5.11. The molecule has 0 radical (unpaired) electrons. The molecule has 0 aromatic carbocycles. The van der Waals surface area contributed by atoms with Gasteiger partial charge in [0.2, 0.25) is 0 Å². The number of carbonyl (C=O) groups is 1. The minimum absolute atomic E-state index is 0.264. The molecule has 0 aliphatic heterocycles. The molecule has 0 saturated carbocycles. The van der Waals surface area contributed by atoms with Crippen LogP contribution in [0.4, 0.5) is 13.2 Å². The fraction of sp³-hybridized carbons (Fsp3) is 0.875. The molecule has 0 unspecified atom stereocenters. The summed E-state index contributed by atoms with van der Waals surface area (Å²) in [7, 11) is -3.37. The predicted octanol–water partition coefficient (Wildman–Crippen LogP) is 0.148. The largest absolute Gasteiger partial charge is 0.480 e. The maximum Gasteiger partial charge on any atom is 0.414 e. The molecule has 0 heterocycles. The standard InChI is InChI=1S/C8H15F3N2O4S/c9-8(10,11)6(14)2-4-18(13,17)3-1-5(12)7(15)16/h5-6,13-14H,1-4,12H2,(H,15,16)/t5-,6-,18-/m0/s1. The van der Waals surface area contributed by atoms with E-state index in [0.29, 0.717) is 0 Å². The number of aliphatic hydroxyl groups excluding tert-OH is 1. The molecule has 10 heteroatoms. The lowest BCUT2D eigenvalue weighted by atomic mass is 10.2. The van der Waals surface area contributed by atoms with Crippen molar-refractivity contribution in [3.8, 4) is 0 Å². The molecule has 0 aromatic heterocycles. The van der Waals surface area contributed by atoms with Crippen molar-refractivity contribution in [2.24, 2.45) is 5.73 Å². The Morgan fingerprint density at radius 2 is 1.78 bits per heavy atom. The first-order chi connectivity index (χ1) is 7.96. The molecular formula is C8H15F3N2O4S. The minimum atomic E-state index is -4.81. The van der Waals surface area contributed by atoms with E-state index in [9.17, 15) is 22.2 Å². The van der Waals surface area contributed by atoms with E-state index in [1.165, 1.54) is 0 Å². The number of nitrogens with two attached hydrogens (primary N) is 1. The van der Waals surface area contributed by atoms with Crippen molar-refractivity contribution in [2.45, 2.75) is 31.2 Å². The van der Waals surface area contributed by atoms with Crippen molar-refractivity contribution in [3.63, 3.8) is 0 Å². The number of alkyl halides is 3. The Morgan fingerprint density at radius 3 is 2.17 bits per heavy atom. The second-order valence-electron chi connectivity index (χ2n) is 3.80. The van der Waals surface area contributed by atoms with Crippen LogP contribution in [0.1, 0.15) is 12.8 Å². The molecule has 0 aliphatic carbocycles. The first kappa shape index (κ1) is 17.1. The summed E-state index contributed by atoms with van der Waals surface area (Å²) >= 11 is 0. The number of carboxylic acids is 1. The quantitative estimate of drug-likeness (QED) is 0.531. The highest BCUT2D eigenvalue weighted by molar-refractivity contribution is 7.92. The monoisotopic (exact) mass is 292 g/mol. The molecule has 108 valence electrons. The Morgan fingerprint density at radius 1 is 1.33 bits per heavy atom. The summed E-state index contributed by atoms with van der Waals surface area (Å²) in [6.07, 6.45) is -8.56. The Bertz CT molecular complexity index is 382. The topological polar surface area (TPSA) is 124 Å². The van der Waals surface area contributed by atoms with E-state index in [1.807, 2.05) is 0 Å². The molecule has 0 spiro atoms. The van der Waals surface area contributed by atoms with Crippen molar-refractivity contribution >= 4 is 15.7 Å². The van der Waals surface area contributed by atoms with Gasteiger partial charge < -0.3 is 15.9 Å². The zero-order valence-corrected chi connectivity index (χ0v) is 10.1. The van der Waals surface area contributed by atoms with E-state index in [2.05, 4.69) is 0 Å². The van der Waals surface area contributed by atoms with Gasteiger partial charge in [0, 0.05) is 21.2 Å². The van der Waals surface area contributed by atoms with E-state index in [0.717, 1.165) is 0 Å². The molecule has 0 saturated heterocycles. The first-order valence-electron chi connectivity index (χ1n) is 4.93. The molecular weight excluding hydrogens is 277 g/mol. The van der Waals surface area contributed by atoms with Crippen molar-refractivity contribution in [2.75, 3.05) is 11.5 Å². The van der Waals surface area contributed by atoms with Crippen LogP contribution in [0, 0.1) is 4.78 Å². The van der Waals surface area contributed by atoms with Gasteiger partial charge in [-0.3, -0.25) is 9.57 Å². The van der Waals surface area contributed by atoms with Crippen molar-refractivity contribution in [1.29, 1.82) is 4.78 Å². The molecule has 6 nitrogen and oxygen atoms in total. The lowest BCUT2D eigenvalue weighted by Gasteiger charge is -2.15. The van der Waals surface area contributed by atoms with Gasteiger partial charge in [-0.2, -0.15) is 13.2 Å². The SMILES string of the molecule is N=[S@](=O)(CC[C@H](N)C(=O)O)CC[C@H](O)C(F)(F)F. The zero-order valence-electron chi connectivity index (χ0n) is 9.31. The van der Waals surface area contributed by atoms with Crippen LogP contribution < -0.4 is 5.73 Å². The van der Waals surface area contributed by atoms with Gasteiger partial charge in [-0.05, 0) is 12.8 Å². The maximum atomic E-state index is 11.9. The van der Waals surface area contributed by atoms with E-state index in [1.54, 1.807) is 0 Å². The Labute approximate surface area is 102 Å². The van der Waals surface area contributed by atoms with Crippen LogP contribution in [0.3, 0.4) is 0 Å². The molecule has 0 rings (SSSR count). The molecule has 18 heavy (non-hydrogen) atoms. The van der Waals surface area contributed by atoms with Gasteiger partial charge in [-0.15, -0.1) is 0 Å². The van der Waals surface area contributed by atoms with Crippen LogP contribution >= 0.6 is 0 Å². The number of nitrogens with one attached hydrogen (secondary N) is 1. The van der Waals surface area contributed by atoms with Crippen LogP contribution in [-0.4, -0.2) is 50.2 Å². The molecule has 3 atom stereocenters. The highest BCUT2D eigenvalue weighted by atomic mass is 32.2. The van der Waals surface area contributed by atoms with Crippen LogP contribution in [0.5, 0.6) is 0 Å². The second kappa shape index (κ2) is 6.34. The average molecular weight is 292 g/mol. The predicted molar refractivity (Wildman–Crippen MR) is 57.5 cm³/mol. The lowest BCUT2D eigenvalue weighted by Crippen LogP contribution is -2.33. The summed E-state index contributed by atoms with van der Waals surface area (Å²) in [4.78, 5) is 10.3. The maximum absolute atomic E-state index is 11.9. The number of carboxylic acid groups (broad SMARTS) is 1. The lowest BCUT2D eigenvalue weighted by molar-refractivity contribution is -0.203. The molecule has 0 aliphatic rings. The second-order valence-corrected chi connectivity index (χ2v) is 6.24. The number of rotatable bonds is 7. The number of hydrogen-bond donors (Lipinski definition) is 4. The number of aliphatic hydroxyl groups is 1. The van der Waals surface area contributed by atoms with Crippen LogP contribution in [0.2, 0.25) is 0 Å². The molecule has 0 fully saturated rings. The van der Waals surface area contributed by atoms with Gasteiger partial charge in [0.05, 0.1) is 0 Å². The van der Waals surface area contributed by atoms with E-state index in [-0.39, 0.29) is 6.42 Å². The summed E-state index contributed by atoms with van der Waals surface area (Å²) < 4.78 is 54.6. The van der Waals surface area contributed by atoms with Crippen LogP contribution in [0.25, 0.3) is 0 Å². The molecule has 0 aromatic rings. The Kier molecular flexibility index (Phi) is 6.04. The van der Waals surface area contributed by atoms with Gasteiger partial charge in [-0.1, -0.05) is 0 Å². The van der Waals surface area contributed by atoms with Gasteiger partial charge in [0.1, 0.15) is 6.04 Å². The van der Waals surface area contributed by atoms with E-state index >= 15 is 0 Å². The summed E-state index contributed by atoms with van der Waals surface area (Å²) in [6, 6.07) is -1.30. The summed E-state index contributed by atoms with van der Waals surface area (Å²) in [6.45, 7) is 0.